The first-order valence-electron chi connectivity index (χ1n) is 10.7. The molecule has 2 aromatic carbocycles. The lowest BCUT2D eigenvalue weighted by molar-refractivity contribution is 0.0733. The van der Waals surface area contributed by atoms with Crippen LogP contribution >= 0.6 is 11.6 Å². The number of fused-ring (bicyclic) bond motifs is 1. The molecule has 0 saturated heterocycles. The molecule has 1 aliphatic heterocycles. The molecule has 0 atom stereocenters. The number of phenols is 1. The van der Waals surface area contributed by atoms with Crippen molar-refractivity contribution in [3.05, 3.63) is 88.2 Å². The van der Waals surface area contributed by atoms with Crippen LogP contribution < -0.4 is 14.2 Å². The van der Waals surface area contributed by atoms with Gasteiger partial charge in [-0.05, 0) is 55.8 Å². The Bertz CT molecular complexity index is 1360. The van der Waals surface area contributed by atoms with E-state index in [2.05, 4.69) is 4.98 Å². The number of allylic oxidation sites excluding steroid dienone is 1. The molecule has 178 valence electrons. The molecule has 4 rings (SSSR count). The Morgan fingerprint density at radius 1 is 1.17 bits per heavy atom. The number of hydrogen-bond acceptors (Lipinski definition) is 7. The standard InChI is InChI=1S/C27H22ClNO6/c1-27(2)12-11-18-21(35-27)14-22(33-3)24(25(18)31)20(30)10-9-16-13-23(28)29-15-19(16)26(32)34-17-7-5-4-6-8-17/h4-15,31H,1-3H3. The van der Waals surface area contributed by atoms with Gasteiger partial charge in [0.05, 0.1) is 18.2 Å². The molecule has 0 amide bonds. The van der Waals surface area contributed by atoms with E-state index in [0.29, 0.717) is 22.6 Å². The van der Waals surface area contributed by atoms with Gasteiger partial charge in [-0.15, -0.1) is 0 Å². The summed E-state index contributed by atoms with van der Waals surface area (Å²) in [4.78, 5) is 29.8. The molecule has 0 aliphatic carbocycles. The maximum Gasteiger partial charge on any atom is 0.345 e. The highest BCUT2D eigenvalue weighted by atomic mass is 35.5. The number of pyridine rings is 1. The summed E-state index contributed by atoms with van der Waals surface area (Å²) in [5.74, 6) is -0.558. The number of carbonyl (C=O) groups is 2. The molecule has 0 bridgehead atoms. The van der Waals surface area contributed by atoms with E-state index in [1.165, 1.54) is 31.5 Å². The van der Waals surface area contributed by atoms with Gasteiger partial charge < -0.3 is 19.3 Å². The second-order valence-corrected chi connectivity index (χ2v) is 8.63. The van der Waals surface area contributed by atoms with E-state index in [1.807, 2.05) is 13.8 Å². The third-order valence-corrected chi connectivity index (χ3v) is 5.45. The second-order valence-electron chi connectivity index (χ2n) is 8.25. The lowest BCUT2D eigenvalue weighted by Crippen LogP contribution is -2.27. The minimum absolute atomic E-state index is 0.0379. The summed E-state index contributed by atoms with van der Waals surface area (Å²) in [6.45, 7) is 3.75. The van der Waals surface area contributed by atoms with E-state index in [0.717, 1.165) is 0 Å². The van der Waals surface area contributed by atoms with E-state index in [9.17, 15) is 14.7 Å². The number of hydrogen-bond donors (Lipinski definition) is 1. The maximum absolute atomic E-state index is 13.1. The number of phenolic OH excluding ortho intramolecular Hbond substituents is 1. The van der Waals surface area contributed by atoms with Gasteiger partial charge in [-0.3, -0.25) is 4.79 Å². The first-order chi connectivity index (χ1) is 16.7. The normalized spacial score (nSPS) is 13.7. The highest BCUT2D eigenvalue weighted by Crippen LogP contribution is 2.43. The van der Waals surface area contributed by atoms with Crippen molar-refractivity contribution in [2.45, 2.75) is 19.4 Å². The molecule has 0 radical (unpaired) electrons. The number of halogens is 1. The zero-order valence-electron chi connectivity index (χ0n) is 19.2. The van der Waals surface area contributed by atoms with Crippen LogP contribution in [0.25, 0.3) is 12.2 Å². The molecule has 0 saturated carbocycles. The molecule has 2 heterocycles. The highest BCUT2D eigenvalue weighted by molar-refractivity contribution is 6.29. The summed E-state index contributed by atoms with van der Waals surface area (Å²) in [6, 6.07) is 11.6. The lowest BCUT2D eigenvalue weighted by Gasteiger charge is -2.29. The van der Waals surface area contributed by atoms with Crippen LogP contribution in [0.15, 0.2) is 60.8 Å². The molecule has 1 aromatic heterocycles. The van der Waals surface area contributed by atoms with E-state index >= 15 is 0 Å². The van der Waals surface area contributed by atoms with Gasteiger partial charge in [0.25, 0.3) is 0 Å². The van der Waals surface area contributed by atoms with Crippen molar-refractivity contribution in [2.24, 2.45) is 0 Å². The first kappa shape index (κ1) is 24.0. The third kappa shape index (κ3) is 5.20. The van der Waals surface area contributed by atoms with Gasteiger partial charge in [0, 0.05) is 12.3 Å². The van der Waals surface area contributed by atoms with Crippen LogP contribution in [0.3, 0.4) is 0 Å². The molecule has 1 N–H and O–H groups in total. The van der Waals surface area contributed by atoms with Crippen LogP contribution in [0.1, 0.15) is 45.7 Å². The van der Waals surface area contributed by atoms with Crippen molar-refractivity contribution in [2.75, 3.05) is 7.11 Å². The minimum Gasteiger partial charge on any atom is -0.506 e. The van der Waals surface area contributed by atoms with Crippen molar-refractivity contribution >= 4 is 35.5 Å². The van der Waals surface area contributed by atoms with Crippen molar-refractivity contribution in [3.8, 4) is 23.0 Å². The molecule has 0 spiro atoms. The Balaban J connectivity index is 1.67. The topological polar surface area (TPSA) is 95.0 Å². The van der Waals surface area contributed by atoms with Crippen LogP contribution in [0, 0.1) is 0 Å². The van der Waals surface area contributed by atoms with Crippen molar-refractivity contribution in [1.29, 1.82) is 0 Å². The van der Waals surface area contributed by atoms with Crippen LogP contribution in [-0.2, 0) is 0 Å². The van der Waals surface area contributed by atoms with Crippen LogP contribution in [0.5, 0.6) is 23.0 Å². The summed E-state index contributed by atoms with van der Waals surface area (Å²) >= 11 is 6.03. The number of esters is 1. The summed E-state index contributed by atoms with van der Waals surface area (Å²) in [5, 5.41) is 11.0. The summed E-state index contributed by atoms with van der Waals surface area (Å²) < 4.78 is 16.6. The van der Waals surface area contributed by atoms with Crippen LogP contribution in [0.4, 0.5) is 0 Å². The van der Waals surface area contributed by atoms with Gasteiger partial charge in [0.2, 0.25) is 0 Å². The van der Waals surface area contributed by atoms with E-state index in [1.54, 1.807) is 48.6 Å². The number of ether oxygens (including phenoxy) is 3. The van der Waals surface area contributed by atoms with Gasteiger partial charge in [-0.2, -0.15) is 0 Å². The number of rotatable bonds is 6. The second kappa shape index (κ2) is 9.64. The maximum atomic E-state index is 13.1. The van der Waals surface area contributed by atoms with Crippen molar-refractivity contribution in [1.82, 2.24) is 4.98 Å². The SMILES string of the molecule is COc1cc2c(c(O)c1C(=O)C=Cc1cc(Cl)ncc1C(=O)Oc1ccccc1)C=CC(C)(C)O2. The molecule has 3 aromatic rings. The average Bonchev–Trinajstić information content (AvgIpc) is 2.82. The number of ketones is 1. The molecule has 8 heteroatoms. The highest BCUT2D eigenvalue weighted by Gasteiger charge is 2.28. The number of carbonyl (C=O) groups excluding carboxylic acids is 2. The van der Waals surface area contributed by atoms with Gasteiger partial charge in [-0.25, -0.2) is 9.78 Å². The fourth-order valence-electron chi connectivity index (χ4n) is 3.53. The van der Waals surface area contributed by atoms with Gasteiger partial charge in [0.15, 0.2) is 5.78 Å². The summed E-state index contributed by atoms with van der Waals surface area (Å²) in [7, 11) is 1.39. The smallest absolute Gasteiger partial charge is 0.345 e. The Kier molecular flexibility index (Phi) is 6.62. The quantitative estimate of drug-likeness (QED) is 0.154. The zero-order valence-corrected chi connectivity index (χ0v) is 20.0. The Labute approximate surface area is 207 Å². The minimum atomic E-state index is -0.661. The Hall–Kier alpha value is -4.10. The van der Waals surface area contributed by atoms with Gasteiger partial charge in [-0.1, -0.05) is 35.9 Å². The summed E-state index contributed by atoms with van der Waals surface area (Å²) in [6.07, 6.45) is 7.39. The molecule has 1 aliphatic rings. The molecule has 0 fully saturated rings. The third-order valence-electron chi connectivity index (χ3n) is 5.25. The van der Waals surface area contributed by atoms with Crippen molar-refractivity contribution in [3.63, 3.8) is 0 Å². The molecule has 0 unspecified atom stereocenters. The number of para-hydroxylation sites is 1. The van der Waals surface area contributed by atoms with E-state index in [4.69, 9.17) is 25.8 Å². The number of benzene rings is 2. The first-order valence-corrected chi connectivity index (χ1v) is 11.0. The van der Waals surface area contributed by atoms with E-state index < -0.39 is 17.4 Å². The summed E-state index contributed by atoms with van der Waals surface area (Å²) in [5.41, 5.74) is 0.203. The molecular formula is C27H22ClNO6. The lowest BCUT2D eigenvalue weighted by atomic mass is 9.97. The number of nitrogens with zero attached hydrogens (tertiary/aromatic N) is 1. The van der Waals surface area contributed by atoms with Crippen molar-refractivity contribution < 1.29 is 28.9 Å². The number of aromatic hydroxyl groups is 1. The largest absolute Gasteiger partial charge is 0.506 e. The predicted molar refractivity (Wildman–Crippen MR) is 132 cm³/mol. The van der Waals surface area contributed by atoms with Gasteiger partial charge >= 0.3 is 5.97 Å². The Morgan fingerprint density at radius 2 is 1.91 bits per heavy atom. The molecular weight excluding hydrogens is 470 g/mol. The van der Waals surface area contributed by atoms with Crippen LogP contribution in [-0.4, -0.2) is 34.6 Å². The van der Waals surface area contributed by atoms with E-state index in [-0.39, 0.29) is 27.8 Å². The fraction of sp³-hybridized carbons (Fsp3) is 0.148. The van der Waals surface area contributed by atoms with Crippen LogP contribution in [0.2, 0.25) is 5.15 Å². The zero-order chi connectivity index (χ0) is 25.2. The molecule has 7 nitrogen and oxygen atoms in total. The van der Waals surface area contributed by atoms with Gasteiger partial charge in [0.1, 0.15) is 39.3 Å². The number of aromatic nitrogens is 1. The average molecular weight is 492 g/mol. The Morgan fingerprint density at radius 3 is 2.63 bits per heavy atom. The number of methoxy groups -OCH3 is 1. The predicted octanol–water partition coefficient (Wildman–Crippen LogP) is 5.75. The molecule has 35 heavy (non-hydrogen) atoms. The fourth-order valence-corrected chi connectivity index (χ4v) is 3.70. The monoisotopic (exact) mass is 491 g/mol.